The van der Waals surface area contributed by atoms with Crippen LogP contribution in [0.3, 0.4) is 0 Å². The SMILES string of the molecule is Cc1ccc(OC2CC(C)CC(C)(C)C2)c(C=O)c1. The number of hydrogen-bond donors (Lipinski definition) is 0. The van der Waals surface area contributed by atoms with E-state index >= 15 is 0 Å². The zero-order chi connectivity index (χ0) is 14.0. The lowest BCUT2D eigenvalue weighted by molar-refractivity contribution is 0.0557. The summed E-state index contributed by atoms with van der Waals surface area (Å²) < 4.78 is 6.11. The van der Waals surface area contributed by atoms with Crippen LogP contribution in [0.2, 0.25) is 0 Å². The second-order valence-corrected chi connectivity index (χ2v) is 6.81. The van der Waals surface area contributed by atoms with Crippen molar-refractivity contribution in [2.75, 3.05) is 0 Å². The fourth-order valence-electron chi connectivity index (χ4n) is 3.40. The molecule has 0 N–H and O–H groups in total. The Morgan fingerprint density at radius 2 is 2.05 bits per heavy atom. The third kappa shape index (κ3) is 3.59. The van der Waals surface area contributed by atoms with Crippen molar-refractivity contribution in [3.05, 3.63) is 29.3 Å². The van der Waals surface area contributed by atoms with E-state index in [1.54, 1.807) is 0 Å². The predicted molar refractivity (Wildman–Crippen MR) is 77.8 cm³/mol. The number of carbonyl (C=O) groups is 1. The van der Waals surface area contributed by atoms with Gasteiger partial charge >= 0.3 is 0 Å². The second kappa shape index (κ2) is 5.36. The van der Waals surface area contributed by atoms with E-state index < -0.39 is 0 Å². The number of benzene rings is 1. The Kier molecular flexibility index (Phi) is 3.98. The molecule has 1 aliphatic rings. The lowest BCUT2D eigenvalue weighted by atomic mass is 9.71. The summed E-state index contributed by atoms with van der Waals surface area (Å²) in [6.45, 7) is 8.87. The number of aldehydes is 1. The highest BCUT2D eigenvalue weighted by Gasteiger charge is 2.33. The maximum absolute atomic E-state index is 11.1. The molecule has 2 nitrogen and oxygen atoms in total. The number of rotatable bonds is 3. The van der Waals surface area contributed by atoms with E-state index in [0.29, 0.717) is 16.9 Å². The van der Waals surface area contributed by atoms with Gasteiger partial charge in [-0.05, 0) is 49.7 Å². The molecule has 1 fully saturated rings. The number of aryl methyl sites for hydroxylation is 1. The molecule has 1 aromatic carbocycles. The minimum Gasteiger partial charge on any atom is -0.490 e. The summed E-state index contributed by atoms with van der Waals surface area (Å²) in [5, 5.41) is 0. The van der Waals surface area contributed by atoms with Crippen LogP contribution in [0, 0.1) is 18.3 Å². The van der Waals surface area contributed by atoms with E-state index in [1.165, 1.54) is 6.42 Å². The van der Waals surface area contributed by atoms with Crippen molar-refractivity contribution < 1.29 is 9.53 Å². The van der Waals surface area contributed by atoms with Gasteiger partial charge in [-0.15, -0.1) is 0 Å². The van der Waals surface area contributed by atoms with E-state index in [0.717, 1.165) is 30.4 Å². The van der Waals surface area contributed by atoms with Crippen molar-refractivity contribution in [1.82, 2.24) is 0 Å². The molecule has 1 aliphatic carbocycles. The summed E-state index contributed by atoms with van der Waals surface area (Å²) in [5.74, 6) is 1.41. The molecule has 2 unspecified atom stereocenters. The summed E-state index contributed by atoms with van der Waals surface area (Å²) in [6, 6.07) is 5.81. The maximum atomic E-state index is 11.1. The third-order valence-corrected chi connectivity index (χ3v) is 3.93. The van der Waals surface area contributed by atoms with Crippen LogP contribution in [0.5, 0.6) is 5.75 Å². The standard InChI is InChI=1S/C17H24O2/c1-12-5-6-16(14(7-12)11-18)19-15-8-13(2)9-17(3,4)10-15/h5-7,11,13,15H,8-10H2,1-4H3. The van der Waals surface area contributed by atoms with Gasteiger partial charge in [-0.2, -0.15) is 0 Å². The second-order valence-electron chi connectivity index (χ2n) is 6.81. The number of carbonyl (C=O) groups excluding carboxylic acids is 1. The number of ether oxygens (including phenoxy) is 1. The molecule has 0 heterocycles. The monoisotopic (exact) mass is 260 g/mol. The quantitative estimate of drug-likeness (QED) is 0.753. The topological polar surface area (TPSA) is 26.3 Å². The molecule has 0 radical (unpaired) electrons. The lowest BCUT2D eigenvalue weighted by Gasteiger charge is -2.39. The smallest absolute Gasteiger partial charge is 0.153 e. The van der Waals surface area contributed by atoms with Gasteiger partial charge in [0.15, 0.2) is 6.29 Å². The summed E-state index contributed by atoms with van der Waals surface area (Å²) in [7, 11) is 0. The Bertz CT molecular complexity index is 462. The van der Waals surface area contributed by atoms with E-state index in [9.17, 15) is 4.79 Å². The van der Waals surface area contributed by atoms with Gasteiger partial charge in [0.25, 0.3) is 0 Å². The molecular formula is C17H24O2. The van der Waals surface area contributed by atoms with Gasteiger partial charge < -0.3 is 4.74 Å². The Morgan fingerprint density at radius 1 is 1.32 bits per heavy atom. The minimum atomic E-state index is 0.222. The zero-order valence-electron chi connectivity index (χ0n) is 12.4. The van der Waals surface area contributed by atoms with Crippen LogP contribution in [0.1, 0.15) is 56.0 Å². The first-order chi connectivity index (χ1) is 8.89. The van der Waals surface area contributed by atoms with Crippen LogP contribution in [0.25, 0.3) is 0 Å². The molecule has 104 valence electrons. The van der Waals surface area contributed by atoms with Gasteiger partial charge in [0.05, 0.1) is 11.7 Å². The summed E-state index contributed by atoms with van der Waals surface area (Å²) in [5.41, 5.74) is 2.08. The molecule has 0 spiro atoms. The Labute approximate surface area is 116 Å². The molecule has 0 saturated heterocycles. The molecule has 2 rings (SSSR count). The van der Waals surface area contributed by atoms with Crippen molar-refractivity contribution >= 4 is 6.29 Å². The Morgan fingerprint density at radius 3 is 2.68 bits per heavy atom. The molecule has 0 aromatic heterocycles. The minimum absolute atomic E-state index is 0.222. The molecule has 0 amide bonds. The largest absolute Gasteiger partial charge is 0.490 e. The lowest BCUT2D eigenvalue weighted by Crippen LogP contribution is -2.34. The van der Waals surface area contributed by atoms with Crippen molar-refractivity contribution in [1.29, 1.82) is 0 Å². The summed E-state index contributed by atoms with van der Waals surface area (Å²) in [4.78, 5) is 11.1. The molecule has 0 bridgehead atoms. The molecule has 19 heavy (non-hydrogen) atoms. The van der Waals surface area contributed by atoms with Crippen LogP contribution in [-0.4, -0.2) is 12.4 Å². The van der Waals surface area contributed by atoms with Crippen LogP contribution >= 0.6 is 0 Å². The molecule has 2 atom stereocenters. The van der Waals surface area contributed by atoms with Crippen molar-refractivity contribution in [3.63, 3.8) is 0 Å². The average molecular weight is 260 g/mol. The van der Waals surface area contributed by atoms with Crippen LogP contribution in [-0.2, 0) is 0 Å². The predicted octanol–water partition coefficient (Wildman–Crippen LogP) is 4.40. The van der Waals surface area contributed by atoms with Gasteiger partial charge in [-0.3, -0.25) is 4.79 Å². The molecule has 0 aliphatic heterocycles. The zero-order valence-corrected chi connectivity index (χ0v) is 12.4. The molecular weight excluding hydrogens is 236 g/mol. The summed E-state index contributed by atoms with van der Waals surface area (Å²) in [6.07, 6.45) is 4.50. The molecule has 1 saturated carbocycles. The highest BCUT2D eigenvalue weighted by Crippen LogP contribution is 2.40. The van der Waals surface area contributed by atoms with Crippen LogP contribution in [0.15, 0.2) is 18.2 Å². The summed E-state index contributed by atoms with van der Waals surface area (Å²) >= 11 is 0. The average Bonchev–Trinajstić information content (AvgIpc) is 2.28. The first-order valence-corrected chi connectivity index (χ1v) is 7.12. The Balaban J connectivity index is 2.14. The van der Waals surface area contributed by atoms with Gasteiger partial charge in [0, 0.05) is 0 Å². The fourth-order valence-corrected chi connectivity index (χ4v) is 3.40. The third-order valence-electron chi connectivity index (χ3n) is 3.93. The fraction of sp³-hybridized carbons (Fsp3) is 0.588. The molecule has 1 aromatic rings. The van der Waals surface area contributed by atoms with E-state index in [2.05, 4.69) is 20.8 Å². The Hall–Kier alpha value is -1.31. The van der Waals surface area contributed by atoms with Gasteiger partial charge in [-0.1, -0.05) is 32.4 Å². The van der Waals surface area contributed by atoms with Crippen molar-refractivity contribution in [2.45, 2.75) is 53.1 Å². The van der Waals surface area contributed by atoms with Gasteiger partial charge in [0.1, 0.15) is 5.75 Å². The van der Waals surface area contributed by atoms with Crippen molar-refractivity contribution in [2.24, 2.45) is 11.3 Å². The highest BCUT2D eigenvalue weighted by atomic mass is 16.5. The van der Waals surface area contributed by atoms with Gasteiger partial charge in [-0.25, -0.2) is 0 Å². The maximum Gasteiger partial charge on any atom is 0.153 e. The normalized spacial score (nSPS) is 25.9. The van der Waals surface area contributed by atoms with E-state index in [1.807, 2.05) is 25.1 Å². The van der Waals surface area contributed by atoms with E-state index in [4.69, 9.17) is 4.74 Å². The van der Waals surface area contributed by atoms with Crippen molar-refractivity contribution in [3.8, 4) is 5.75 Å². The van der Waals surface area contributed by atoms with Gasteiger partial charge in [0.2, 0.25) is 0 Å². The first kappa shape index (κ1) is 14.1. The van der Waals surface area contributed by atoms with Crippen LogP contribution < -0.4 is 4.74 Å². The van der Waals surface area contributed by atoms with E-state index in [-0.39, 0.29) is 6.10 Å². The number of hydrogen-bond acceptors (Lipinski definition) is 2. The van der Waals surface area contributed by atoms with Crippen LogP contribution in [0.4, 0.5) is 0 Å². The first-order valence-electron chi connectivity index (χ1n) is 7.12. The molecule has 2 heteroatoms. The highest BCUT2D eigenvalue weighted by molar-refractivity contribution is 5.79.